The van der Waals surface area contributed by atoms with E-state index in [1.165, 1.54) is 14.2 Å². The molecule has 0 aliphatic carbocycles. The van der Waals surface area contributed by atoms with Crippen molar-refractivity contribution in [1.82, 2.24) is 0 Å². The van der Waals surface area contributed by atoms with Crippen molar-refractivity contribution >= 4 is 37.7 Å². The summed E-state index contributed by atoms with van der Waals surface area (Å²) < 4.78 is 22.4. The number of benzene rings is 3. The van der Waals surface area contributed by atoms with Gasteiger partial charge in [-0.15, -0.1) is 0 Å². The molecule has 3 aromatic carbocycles. The van der Waals surface area contributed by atoms with E-state index >= 15 is 0 Å². The SMILES string of the molecule is COc1ccccc1B(O)OB(OB(O)c1ccccc1OC)c1ccccc1C. The molecule has 0 atom stereocenters. The van der Waals surface area contributed by atoms with Crippen molar-refractivity contribution in [3.05, 3.63) is 78.4 Å². The van der Waals surface area contributed by atoms with Crippen molar-refractivity contribution in [2.24, 2.45) is 0 Å². The summed E-state index contributed by atoms with van der Waals surface area (Å²) in [4.78, 5) is 0. The number of para-hydroxylation sites is 2. The first-order valence-corrected chi connectivity index (χ1v) is 9.53. The maximum Gasteiger partial charge on any atom is 0.481 e. The van der Waals surface area contributed by atoms with Crippen LogP contribution in [0.25, 0.3) is 0 Å². The molecule has 2 N–H and O–H groups in total. The monoisotopic (exact) mass is 404 g/mol. The van der Waals surface area contributed by atoms with Crippen LogP contribution in [0.2, 0.25) is 0 Å². The molecule has 0 heterocycles. The highest BCUT2D eigenvalue weighted by Gasteiger charge is 2.35. The lowest BCUT2D eigenvalue weighted by Gasteiger charge is -2.22. The van der Waals surface area contributed by atoms with Gasteiger partial charge in [-0.1, -0.05) is 66.2 Å². The average molecular weight is 404 g/mol. The summed E-state index contributed by atoms with van der Waals surface area (Å²) in [5, 5.41) is 21.5. The maximum absolute atomic E-state index is 10.8. The number of ether oxygens (including phenoxy) is 2. The van der Waals surface area contributed by atoms with Crippen LogP contribution in [0.5, 0.6) is 11.5 Å². The van der Waals surface area contributed by atoms with Crippen LogP contribution in [0.1, 0.15) is 5.56 Å². The van der Waals surface area contributed by atoms with Crippen LogP contribution in [-0.4, -0.2) is 45.6 Å². The number of hydrogen-bond acceptors (Lipinski definition) is 6. The molecule has 0 fully saturated rings. The van der Waals surface area contributed by atoms with Gasteiger partial charge in [-0.3, -0.25) is 0 Å². The second-order valence-electron chi connectivity index (χ2n) is 6.65. The highest BCUT2D eigenvalue weighted by molar-refractivity contribution is 6.79. The molecule has 0 unspecified atom stereocenters. The minimum Gasteiger partial charge on any atom is -0.497 e. The summed E-state index contributed by atoms with van der Waals surface area (Å²) in [5.41, 5.74) is 2.48. The number of aryl methyl sites for hydroxylation is 1. The first-order chi connectivity index (χ1) is 14.5. The molecule has 0 spiro atoms. The largest absolute Gasteiger partial charge is 0.497 e. The number of rotatable bonds is 9. The number of methoxy groups -OCH3 is 2. The van der Waals surface area contributed by atoms with Crippen LogP contribution < -0.4 is 25.9 Å². The van der Waals surface area contributed by atoms with Gasteiger partial charge in [-0.25, -0.2) is 0 Å². The van der Waals surface area contributed by atoms with Crippen molar-refractivity contribution in [3.63, 3.8) is 0 Å². The molecule has 0 aliphatic rings. The molecule has 0 aromatic heterocycles. The molecule has 0 amide bonds. The third kappa shape index (κ3) is 5.06. The summed E-state index contributed by atoms with van der Waals surface area (Å²) in [6, 6.07) is 21.5. The lowest BCUT2D eigenvalue weighted by atomic mass is 9.66. The Kier molecular flexibility index (Phi) is 7.60. The van der Waals surface area contributed by atoms with Gasteiger partial charge >= 0.3 is 21.4 Å². The van der Waals surface area contributed by atoms with Gasteiger partial charge in [0.25, 0.3) is 0 Å². The fourth-order valence-corrected chi connectivity index (χ4v) is 3.15. The molecule has 0 radical (unpaired) electrons. The molecule has 3 rings (SSSR count). The van der Waals surface area contributed by atoms with Gasteiger partial charge in [0.1, 0.15) is 11.5 Å². The van der Waals surface area contributed by atoms with Crippen molar-refractivity contribution < 1.29 is 28.7 Å². The summed E-state index contributed by atoms with van der Waals surface area (Å²) in [7, 11) is -0.684. The van der Waals surface area contributed by atoms with Gasteiger partial charge in [-0.05, 0) is 24.5 Å². The zero-order chi connectivity index (χ0) is 21.5. The lowest BCUT2D eigenvalue weighted by Crippen LogP contribution is -2.52. The topological polar surface area (TPSA) is 77.4 Å². The Balaban J connectivity index is 1.90. The molecule has 3 aromatic rings. The van der Waals surface area contributed by atoms with E-state index in [0.29, 0.717) is 27.9 Å². The van der Waals surface area contributed by atoms with E-state index in [1.807, 2.05) is 31.2 Å². The molecule has 0 aliphatic heterocycles. The van der Waals surface area contributed by atoms with Gasteiger partial charge in [0.2, 0.25) is 0 Å². The Hall–Kier alpha value is -2.71. The Labute approximate surface area is 177 Å². The summed E-state index contributed by atoms with van der Waals surface area (Å²) in [6.07, 6.45) is 0. The van der Waals surface area contributed by atoms with Gasteiger partial charge in [0.05, 0.1) is 14.2 Å². The Bertz CT molecular complexity index is 915. The van der Waals surface area contributed by atoms with Crippen LogP contribution in [0, 0.1) is 6.92 Å². The average Bonchev–Trinajstić information content (AvgIpc) is 2.78. The fraction of sp³-hybridized carbons (Fsp3) is 0.143. The third-order valence-corrected chi connectivity index (χ3v) is 4.76. The molecular formula is C21H23B3O6. The molecule has 0 bridgehead atoms. The summed E-state index contributed by atoms with van der Waals surface area (Å²) in [5.74, 6) is 0.970. The van der Waals surface area contributed by atoms with Crippen molar-refractivity contribution in [2.75, 3.05) is 14.2 Å². The van der Waals surface area contributed by atoms with E-state index < -0.39 is 21.4 Å². The zero-order valence-electron chi connectivity index (χ0n) is 17.2. The molecule has 0 saturated carbocycles. The van der Waals surface area contributed by atoms with Crippen molar-refractivity contribution in [1.29, 1.82) is 0 Å². The Morgan fingerprint density at radius 1 is 0.600 bits per heavy atom. The summed E-state index contributed by atoms with van der Waals surface area (Å²) in [6.45, 7) is 1.90. The maximum atomic E-state index is 10.8. The van der Waals surface area contributed by atoms with Crippen molar-refractivity contribution in [3.8, 4) is 11.5 Å². The van der Waals surface area contributed by atoms with E-state index in [4.69, 9.17) is 18.6 Å². The smallest absolute Gasteiger partial charge is 0.481 e. The second-order valence-corrected chi connectivity index (χ2v) is 6.65. The Morgan fingerprint density at radius 2 is 1.00 bits per heavy atom. The predicted octanol–water partition coefficient (Wildman–Crippen LogP) is 0.516. The molecule has 30 heavy (non-hydrogen) atoms. The second kappa shape index (κ2) is 10.4. The standard InChI is InChI=1S/C21H23B3O6/c1-16-10-4-5-11-17(16)24(29-22(25)18-12-6-8-14-20(18)27-2)30-23(26)19-13-7-9-15-21(19)28-3/h4-15,25-26H,1-3H3. The minimum absolute atomic E-state index is 0.453. The van der Waals surface area contributed by atoms with Gasteiger partial charge in [0, 0.05) is 10.9 Å². The lowest BCUT2D eigenvalue weighted by molar-refractivity contribution is 0.352. The molecule has 9 heteroatoms. The molecule has 6 nitrogen and oxygen atoms in total. The first kappa shape index (κ1) is 22.0. The van der Waals surface area contributed by atoms with E-state index in [0.717, 1.165) is 5.56 Å². The summed E-state index contributed by atoms with van der Waals surface area (Å²) >= 11 is 0. The quantitative estimate of drug-likeness (QED) is 0.507. The van der Waals surface area contributed by atoms with E-state index in [1.54, 1.807) is 48.5 Å². The highest BCUT2D eigenvalue weighted by Crippen LogP contribution is 2.11. The normalized spacial score (nSPS) is 10.4. The predicted molar refractivity (Wildman–Crippen MR) is 120 cm³/mol. The highest BCUT2D eigenvalue weighted by atomic mass is 16.6. The van der Waals surface area contributed by atoms with Crippen LogP contribution in [0.15, 0.2) is 72.8 Å². The van der Waals surface area contributed by atoms with Crippen LogP contribution in [0.3, 0.4) is 0 Å². The third-order valence-electron chi connectivity index (χ3n) is 4.76. The van der Waals surface area contributed by atoms with E-state index in [-0.39, 0.29) is 0 Å². The van der Waals surface area contributed by atoms with Crippen LogP contribution >= 0.6 is 0 Å². The zero-order valence-corrected chi connectivity index (χ0v) is 17.2. The van der Waals surface area contributed by atoms with Crippen LogP contribution in [0.4, 0.5) is 0 Å². The van der Waals surface area contributed by atoms with Gasteiger partial charge < -0.3 is 28.7 Å². The van der Waals surface area contributed by atoms with Crippen molar-refractivity contribution in [2.45, 2.75) is 6.92 Å². The molecule has 0 saturated heterocycles. The van der Waals surface area contributed by atoms with E-state index in [2.05, 4.69) is 0 Å². The minimum atomic E-state index is -1.34. The molecule has 152 valence electrons. The Morgan fingerprint density at radius 3 is 1.43 bits per heavy atom. The van der Waals surface area contributed by atoms with E-state index in [9.17, 15) is 10.0 Å². The van der Waals surface area contributed by atoms with Crippen LogP contribution in [-0.2, 0) is 9.14 Å². The first-order valence-electron chi connectivity index (χ1n) is 9.53. The fourth-order valence-electron chi connectivity index (χ4n) is 3.15. The van der Waals surface area contributed by atoms with Gasteiger partial charge in [0.15, 0.2) is 0 Å². The van der Waals surface area contributed by atoms with Gasteiger partial charge in [-0.2, -0.15) is 0 Å². The molecular weight excluding hydrogens is 381 g/mol. The number of hydrogen-bond donors (Lipinski definition) is 2.